The number of hydrogen-bond donors (Lipinski definition) is 1. The quantitative estimate of drug-likeness (QED) is 0.620. The summed E-state index contributed by atoms with van der Waals surface area (Å²) in [5.41, 5.74) is 0. The fourth-order valence-electron chi connectivity index (χ4n) is 0.826. The lowest BCUT2D eigenvalue weighted by atomic mass is 10.1. The zero-order valence-electron chi connectivity index (χ0n) is 7.92. The molecule has 0 radical (unpaired) electrons. The molecular weight excluding hydrogens is 264 g/mol. The molecule has 0 aliphatic heterocycles. The molecule has 0 heterocycles. The third-order valence-corrected chi connectivity index (χ3v) is 1.63. The van der Waals surface area contributed by atoms with E-state index < -0.39 is 36.1 Å². The first-order valence-electron chi connectivity index (χ1n) is 4.01. The number of halogens is 7. The van der Waals surface area contributed by atoms with Crippen molar-refractivity contribution in [1.82, 2.24) is 5.32 Å². The van der Waals surface area contributed by atoms with Gasteiger partial charge in [-0.1, -0.05) is 0 Å². The van der Waals surface area contributed by atoms with Crippen LogP contribution in [0.3, 0.4) is 0 Å². The summed E-state index contributed by atoms with van der Waals surface area (Å²) >= 11 is 5.28. The van der Waals surface area contributed by atoms with Crippen LogP contribution in [-0.4, -0.2) is 30.2 Å². The Morgan fingerprint density at radius 3 is 1.81 bits per heavy atom. The van der Waals surface area contributed by atoms with Crippen molar-refractivity contribution in [3.63, 3.8) is 0 Å². The Morgan fingerprint density at radius 2 is 1.56 bits per heavy atom. The minimum Gasteiger partial charge on any atom is -0.354 e. The van der Waals surface area contributed by atoms with E-state index in [4.69, 9.17) is 11.6 Å². The standard InChI is InChI=1S/C7H8ClF6NO/c1-3(8)2-15-5(16)4(6(9,10)11)7(12,13)14/h3-4H,2H2,1H3,(H,15,16). The van der Waals surface area contributed by atoms with Gasteiger partial charge in [-0.15, -0.1) is 11.6 Å². The van der Waals surface area contributed by atoms with E-state index in [1.807, 2.05) is 0 Å². The molecule has 9 heteroatoms. The van der Waals surface area contributed by atoms with Crippen molar-refractivity contribution < 1.29 is 31.1 Å². The number of alkyl halides is 7. The monoisotopic (exact) mass is 271 g/mol. The lowest BCUT2D eigenvalue weighted by Gasteiger charge is -2.22. The van der Waals surface area contributed by atoms with Crippen molar-refractivity contribution in [2.45, 2.75) is 24.7 Å². The van der Waals surface area contributed by atoms with Gasteiger partial charge in [-0.3, -0.25) is 4.79 Å². The molecule has 0 aliphatic rings. The van der Waals surface area contributed by atoms with Gasteiger partial charge in [0.2, 0.25) is 11.8 Å². The zero-order valence-corrected chi connectivity index (χ0v) is 8.67. The van der Waals surface area contributed by atoms with Crippen molar-refractivity contribution >= 4 is 17.5 Å². The number of carbonyl (C=O) groups is 1. The van der Waals surface area contributed by atoms with E-state index in [1.165, 1.54) is 12.2 Å². The van der Waals surface area contributed by atoms with Crippen LogP contribution in [-0.2, 0) is 4.79 Å². The molecule has 0 aromatic carbocycles. The first-order valence-corrected chi connectivity index (χ1v) is 4.45. The predicted octanol–water partition coefficient (Wildman–Crippen LogP) is 2.47. The van der Waals surface area contributed by atoms with Crippen LogP contribution in [0.5, 0.6) is 0 Å². The van der Waals surface area contributed by atoms with Crippen LogP contribution in [0.25, 0.3) is 0 Å². The van der Waals surface area contributed by atoms with Crippen LogP contribution < -0.4 is 5.32 Å². The Labute approximate surface area is 91.9 Å². The van der Waals surface area contributed by atoms with Gasteiger partial charge in [-0.2, -0.15) is 26.3 Å². The number of carbonyl (C=O) groups excluding carboxylic acids is 1. The molecule has 0 aromatic rings. The number of rotatable bonds is 3. The molecule has 0 aliphatic carbocycles. The molecule has 0 bridgehead atoms. The average Bonchev–Trinajstić information content (AvgIpc) is 1.94. The molecule has 0 rings (SSSR count). The van der Waals surface area contributed by atoms with Gasteiger partial charge in [-0.05, 0) is 6.92 Å². The second-order valence-corrected chi connectivity index (χ2v) is 3.79. The molecule has 0 saturated heterocycles. The topological polar surface area (TPSA) is 29.1 Å². The van der Waals surface area contributed by atoms with Crippen molar-refractivity contribution in [2.75, 3.05) is 6.54 Å². The molecule has 2 nitrogen and oxygen atoms in total. The second kappa shape index (κ2) is 5.11. The summed E-state index contributed by atoms with van der Waals surface area (Å²) in [6.45, 7) is 0.848. The van der Waals surface area contributed by atoms with Gasteiger partial charge in [0, 0.05) is 11.9 Å². The smallest absolute Gasteiger partial charge is 0.354 e. The molecule has 1 atom stereocenters. The Balaban J connectivity index is 4.74. The minimum absolute atomic E-state index is 0.469. The van der Waals surface area contributed by atoms with Gasteiger partial charge < -0.3 is 5.32 Å². The highest BCUT2D eigenvalue weighted by Crippen LogP contribution is 2.39. The number of amides is 1. The van der Waals surface area contributed by atoms with Crippen LogP contribution in [0.15, 0.2) is 0 Å². The van der Waals surface area contributed by atoms with E-state index in [0.29, 0.717) is 0 Å². The van der Waals surface area contributed by atoms with Crippen molar-refractivity contribution in [3.05, 3.63) is 0 Å². The second-order valence-electron chi connectivity index (χ2n) is 3.04. The number of nitrogens with one attached hydrogen (secondary N) is 1. The highest BCUT2D eigenvalue weighted by atomic mass is 35.5. The molecule has 1 unspecified atom stereocenters. The van der Waals surface area contributed by atoms with E-state index in [0.717, 1.165) is 0 Å². The van der Waals surface area contributed by atoms with Crippen LogP contribution in [0.2, 0.25) is 0 Å². The molecular formula is C7H8ClF6NO. The summed E-state index contributed by atoms with van der Waals surface area (Å²) in [4.78, 5) is 10.7. The summed E-state index contributed by atoms with van der Waals surface area (Å²) in [6, 6.07) is 0. The molecule has 96 valence electrons. The van der Waals surface area contributed by atoms with Gasteiger partial charge in [0.25, 0.3) is 0 Å². The van der Waals surface area contributed by atoms with Gasteiger partial charge in [0.15, 0.2) is 0 Å². The summed E-state index contributed by atoms with van der Waals surface area (Å²) in [5.74, 6) is -6.16. The maximum absolute atomic E-state index is 12.0. The molecule has 0 saturated carbocycles. The third kappa shape index (κ3) is 4.91. The largest absolute Gasteiger partial charge is 0.409 e. The molecule has 0 spiro atoms. The first-order chi connectivity index (χ1) is 6.96. The normalized spacial score (nSPS) is 15.1. The van der Waals surface area contributed by atoms with Crippen molar-refractivity contribution in [1.29, 1.82) is 0 Å². The van der Waals surface area contributed by atoms with Gasteiger partial charge in [0.05, 0.1) is 0 Å². The van der Waals surface area contributed by atoms with Crippen LogP contribution in [0, 0.1) is 5.92 Å². The van der Waals surface area contributed by atoms with E-state index in [-0.39, 0.29) is 0 Å². The van der Waals surface area contributed by atoms with Crippen molar-refractivity contribution in [3.8, 4) is 0 Å². The van der Waals surface area contributed by atoms with Gasteiger partial charge >= 0.3 is 12.4 Å². The summed E-state index contributed by atoms with van der Waals surface area (Å²) in [6.07, 6.45) is -11.3. The summed E-state index contributed by atoms with van der Waals surface area (Å²) < 4.78 is 71.9. The number of hydrogen-bond acceptors (Lipinski definition) is 1. The van der Waals surface area contributed by atoms with E-state index >= 15 is 0 Å². The fourth-order valence-corrected chi connectivity index (χ4v) is 0.903. The minimum atomic E-state index is -5.67. The SMILES string of the molecule is CC(Cl)CNC(=O)C(C(F)(F)F)C(F)(F)F. The molecule has 1 amide bonds. The molecule has 0 fully saturated rings. The first kappa shape index (κ1) is 15.3. The Kier molecular flexibility index (Phi) is 4.90. The van der Waals surface area contributed by atoms with E-state index in [9.17, 15) is 31.1 Å². The van der Waals surface area contributed by atoms with Gasteiger partial charge in [0.1, 0.15) is 0 Å². The fraction of sp³-hybridized carbons (Fsp3) is 0.857. The molecule has 16 heavy (non-hydrogen) atoms. The Bertz CT molecular complexity index is 234. The average molecular weight is 272 g/mol. The third-order valence-electron chi connectivity index (χ3n) is 1.47. The van der Waals surface area contributed by atoms with E-state index in [2.05, 4.69) is 0 Å². The maximum atomic E-state index is 12.0. The zero-order chi connectivity index (χ0) is 13.1. The van der Waals surface area contributed by atoms with Crippen molar-refractivity contribution in [2.24, 2.45) is 5.92 Å². The predicted molar refractivity (Wildman–Crippen MR) is 43.9 cm³/mol. The Hall–Kier alpha value is -0.660. The van der Waals surface area contributed by atoms with Crippen LogP contribution in [0.1, 0.15) is 6.92 Å². The van der Waals surface area contributed by atoms with Crippen LogP contribution >= 0.6 is 11.6 Å². The summed E-state index contributed by atoms with van der Waals surface area (Å²) in [5, 5.41) is 0.726. The van der Waals surface area contributed by atoms with Crippen LogP contribution in [0.4, 0.5) is 26.3 Å². The highest BCUT2D eigenvalue weighted by Gasteiger charge is 2.60. The maximum Gasteiger partial charge on any atom is 0.409 e. The lowest BCUT2D eigenvalue weighted by Crippen LogP contribution is -2.48. The summed E-state index contributed by atoms with van der Waals surface area (Å²) in [7, 11) is 0. The molecule has 0 aromatic heterocycles. The Morgan fingerprint density at radius 1 is 1.19 bits per heavy atom. The molecule has 1 N–H and O–H groups in total. The van der Waals surface area contributed by atoms with E-state index in [1.54, 1.807) is 0 Å². The lowest BCUT2D eigenvalue weighted by molar-refractivity contribution is -0.274. The van der Waals surface area contributed by atoms with Gasteiger partial charge in [-0.25, -0.2) is 0 Å². The highest BCUT2D eigenvalue weighted by molar-refractivity contribution is 6.20.